The summed E-state index contributed by atoms with van der Waals surface area (Å²) in [4.78, 5) is 17.2. The van der Waals surface area contributed by atoms with Gasteiger partial charge in [0.15, 0.2) is 6.61 Å². The zero-order chi connectivity index (χ0) is 18.5. The fourth-order valence-corrected chi connectivity index (χ4v) is 2.79. The first-order valence-electron chi connectivity index (χ1n) is 8.52. The third-order valence-corrected chi connectivity index (χ3v) is 4.31. The third-order valence-electron chi connectivity index (χ3n) is 4.31. The Bertz CT molecular complexity index is 879. The third kappa shape index (κ3) is 4.22. The van der Waals surface area contributed by atoms with Gasteiger partial charge in [0.2, 0.25) is 5.91 Å². The molecule has 0 atom stereocenters. The lowest BCUT2D eigenvalue weighted by Crippen LogP contribution is -2.18. The second kappa shape index (κ2) is 7.75. The van der Waals surface area contributed by atoms with Crippen molar-refractivity contribution >= 4 is 17.3 Å². The summed E-state index contributed by atoms with van der Waals surface area (Å²) < 4.78 is 5.83. The molecule has 1 aliphatic heterocycles. The lowest BCUT2D eigenvalue weighted by molar-refractivity contribution is -0.116. The molecule has 132 valence electrons. The van der Waals surface area contributed by atoms with Crippen LogP contribution in [0.3, 0.4) is 0 Å². The van der Waals surface area contributed by atoms with E-state index in [-0.39, 0.29) is 12.5 Å². The van der Waals surface area contributed by atoms with Crippen molar-refractivity contribution in [3.63, 3.8) is 0 Å². The number of fused-ring (bicyclic) bond motifs is 1. The Morgan fingerprint density at radius 3 is 2.77 bits per heavy atom. The van der Waals surface area contributed by atoms with Gasteiger partial charge in [0.1, 0.15) is 5.75 Å². The van der Waals surface area contributed by atoms with Crippen LogP contribution in [0.15, 0.2) is 54.4 Å². The van der Waals surface area contributed by atoms with Crippen LogP contribution in [-0.2, 0) is 11.2 Å². The number of benzene rings is 2. The molecule has 0 aromatic heterocycles. The lowest BCUT2D eigenvalue weighted by atomic mass is 10.0. The van der Waals surface area contributed by atoms with E-state index in [1.54, 1.807) is 0 Å². The molecule has 0 fully saturated rings. The Morgan fingerprint density at radius 2 is 2.04 bits per heavy atom. The lowest BCUT2D eigenvalue weighted by Gasteiger charge is -2.17. The molecule has 0 saturated carbocycles. The van der Waals surface area contributed by atoms with Gasteiger partial charge in [-0.25, -0.2) is 0 Å². The van der Waals surface area contributed by atoms with Crippen LogP contribution in [0, 0.1) is 13.5 Å². The number of nitrogens with one attached hydrogen (secondary N) is 1. The zero-order valence-electron chi connectivity index (χ0n) is 15.0. The van der Waals surface area contributed by atoms with Crippen molar-refractivity contribution in [2.24, 2.45) is 0 Å². The number of aryl methyl sites for hydroxylation is 2. The highest BCUT2D eigenvalue weighted by atomic mass is 16.5. The topological polar surface area (TPSA) is 45.9 Å². The van der Waals surface area contributed by atoms with Gasteiger partial charge in [-0.3, -0.25) is 4.79 Å². The molecule has 0 bridgehead atoms. The highest BCUT2D eigenvalue weighted by molar-refractivity contribution is 5.94. The van der Waals surface area contributed by atoms with Crippen molar-refractivity contribution in [2.75, 3.05) is 23.9 Å². The van der Waals surface area contributed by atoms with E-state index in [1.165, 1.54) is 5.56 Å². The summed E-state index contributed by atoms with van der Waals surface area (Å²) in [5.74, 6) is 0.782. The molecule has 1 heterocycles. The number of rotatable bonds is 5. The first-order chi connectivity index (χ1) is 12.5. The summed E-state index contributed by atoms with van der Waals surface area (Å²) in [6.07, 6.45) is 3.07. The summed E-state index contributed by atoms with van der Waals surface area (Å²) >= 11 is 0. The van der Waals surface area contributed by atoms with E-state index in [4.69, 9.17) is 11.3 Å². The predicted octanol–water partition coefficient (Wildman–Crippen LogP) is 4.20. The molecule has 0 unspecified atom stereocenters. The van der Waals surface area contributed by atoms with Crippen molar-refractivity contribution in [2.45, 2.75) is 19.8 Å². The molecule has 3 rings (SSSR count). The average Bonchev–Trinajstić information content (AvgIpc) is 2.65. The Labute approximate surface area is 153 Å². The summed E-state index contributed by atoms with van der Waals surface area (Å²) in [6.45, 7) is 7.83. The highest BCUT2D eigenvalue weighted by Gasteiger charge is 2.16. The summed E-state index contributed by atoms with van der Waals surface area (Å²) in [5.41, 5.74) is 4.81. The van der Waals surface area contributed by atoms with E-state index < -0.39 is 0 Å². The molecule has 2 aromatic carbocycles. The van der Waals surface area contributed by atoms with Gasteiger partial charge >= 0.3 is 5.70 Å². The molecule has 26 heavy (non-hydrogen) atoms. The van der Waals surface area contributed by atoms with Crippen molar-refractivity contribution in [3.05, 3.63) is 70.3 Å². The summed E-state index contributed by atoms with van der Waals surface area (Å²) in [5, 5.41) is 2.86. The minimum Gasteiger partial charge on any atom is -0.481 e. The predicted molar refractivity (Wildman–Crippen MR) is 105 cm³/mol. The molecule has 1 aliphatic rings. The number of anilines is 2. The Morgan fingerprint density at radius 1 is 1.27 bits per heavy atom. The van der Waals surface area contributed by atoms with Crippen molar-refractivity contribution in [1.82, 2.24) is 0 Å². The van der Waals surface area contributed by atoms with Gasteiger partial charge in [-0.1, -0.05) is 17.7 Å². The largest absolute Gasteiger partial charge is 0.481 e. The highest BCUT2D eigenvalue weighted by Crippen LogP contribution is 2.27. The smallest absolute Gasteiger partial charge is 0.369 e. The fraction of sp³-hybridized carbons (Fsp3) is 0.238. The number of ether oxygens (including phenoxy) is 1. The number of nitrogens with zero attached hydrogens (tertiary/aromatic N) is 2. The first kappa shape index (κ1) is 17.6. The molecule has 0 aliphatic carbocycles. The molecule has 5 nitrogen and oxygen atoms in total. The molecule has 1 N–H and O–H groups in total. The SMILES string of the molecule is C#[N+]/C(=C\N(C)c1ccc(C)cc1)COc1ccc2c(c1)CCC(=O)N2. The van der Waals surface area contributed by atoms with E-state index in [9.17, 15) is 4.79 Å². The zero-order valence-corrected chi connectivity index (χ0v) is 15.0. The summed E-state index contributed by atoms with van der Waals surface area (Å²) in [6, 6.07) is 13.8. The van der Waals surface area contributed by atoms with Gasteiger partial charge in [-0.2, -0.15) is 0 Å². The first-order valence-corrected chi connectivity index (χ1v) is 8.52. The molecule has 0 saturated heterocycles. The fourth-order valence-electron chi connectivity index (χ4n) is 2.79. The van der Waals surface area contributed by atoms with Gasteiger partial charge < -0.3 is 15.0 Å². The van der Waals surface area contributed by atoms with Crippen LogP contribution in [0.1, 0.15) is 17.5 Å². The van der Waals surface area contributed by atoms with Crippen LogP contribution < -0.4 is 15.0 Å². The van der Waals surface area contributed by atoms with Crippen LogP contribution in [0.4, 0.5) is 11.4 Å². The number of hydrogen-bond donors (Lipinski definition) is 1. The number of amides is 1. The maximum Gasteiger partial charge on any atom is 0.369 e. The second-order valence-corrected chi connectivity index (χ2v) is 6.35. The maximum atomic E-state index is 11.4. The second-order valence-electron chi connectivity index (χ2n) is 6.35. The monoisotopic (exact) mass is 348 g/mol. The van der Waals surface area contributed by atoms with Gasteiger partial charge in [0.05, 0.1) is 6.20 Å². The van der Waals surface area contributed by atoms with Crippen LogP contribution in [0.5, 0.6) is 5.75 Å². The van der Waals surface area contributed by atoms with Crippen molar-refractivity contribution < 1.29 is 9.53 Å². The normalized spacial score (nSPS) is 13.4. The van der Waals surface area contributed by atoms with E-state index in [1.807, 2.05) is 48.5 Å². The van der Waals surface area contributed by atoms with E-state index >= 15 is 0 Å². The standard InChI is InChI=1S/C21H21N3O2/c1-15-4-7-18(8-5-15)24(3)13-17(22-2)14-26-19-9-10-20-16(12-19)6-11-21(25)23-20/h2,4-5,7-10,12-13H,6,11,14H2,1,3H3/p+1/b17-13-. The number of carbonyl (C=O) groups excluding carboxylic acids is 1. The molecule has 0 spiro atoms. The molecular weight excluding hydrogens is 326 g/mol. The Kier molecular flexibility index (Phi) is 5.23. The van der Waals surface area contributed by atoms with Crippen LogP contribution in [0.2, 0.25) is 0 Å². The molecule has 1 amide bonds. The van der Waals surface area contributed by atoms with E-state index in [2.05, 4.69) is 29.2 Å². The number of hydrogen-bond acceptors (Lipinski definition) is 3. The van der Waals surface area contributed by atoms with E-state index in [0.29, 0.717) is 12.1 Å². The van der Waals surface area contributed by atoms with Gasteiger partial charge in [0.25, 0.3) is 6.57 Å². The van der Waals surface area contributed by atoms with Gasteiger partial charge in [0, 0.05) is 24.8 Å². The maximum absolute atomic E-state index is 11.4. The van der Waals surface area contributed by atoms with Crippen molar-refractivity contribution in [1.29, 1.82) is 0 Å². The summed E-state index contributed by atoms with van der Waals surface area (Å²) in [7, 11) is 1.94. The number of carbonyl (C=O) groups is 1. The Balaban J connectivity index is 1.66. The minimum absolute atomic E-state index is 0.0532. The van der Waals surface area contributed by atoms with Gasteiger partial charge in [-0.15, -0.1) is 0 Å². The van der Waals surface area contributed by atoms with E-state index in [0.717, 1.165) is 29.1 Å². The molecule has 2 aromatic rings. The van der Waals surface area contributed by atoms with Crippen LogP contribution in [-0.4, -0.2) is 19.6 Å². The average molecular weight is 348 g/mol. The minimum atomic E-state index is 0.0532. The van der Waals surface area contributed by atoms with Crippen molar-refractivity contribution in [3.8, 4) is 12.3 Å². The van der Waals surface area contributed by atoms with Gasteiger partial charge in [-0.05, 0) is 54.1 Å². The quantitative estimate of drug-likeness (QED) is 0.881. The van der Waals surface area contributed by atoms with Crippen LogP contribution >= 0.6 is 0 Å². The molecular formula is C21H22N3O2+. The Hall–Kier alpha value is -3.26. The molecule has 5 heteroatoms. The molecule has 0 radical (unpaired) electrons. The van der Waals surface area contributed by atoms with Crippen LogP contribution in [0.25, 0.3) is 4.85 Å².